The van der Waals surface area contributed by atoms with Crippen molar-refractivity contribution in [2.24, 2.45) is 10.9 Å². The number of nitrogens with one attached hydrogen (secondary N) is 3. The summed E-state index contributed by atoms with van der Waals surface area (Å²) in [6.07, 6.45) is 9.58. The fourth-order valence-corrected chi connectivity index (χ4v) is 2.81. The summed E-state index contributed by atoms with van der Waals surface area (Å²) in [5.74, 6) is 1.79. The van der Waals surface area contributed by atoms with Crippen LogP contribution < -0.4 is 16.0 Å². The lowest BCUT2D eigenvalue weighted by molar-refractivity contribution is -0.118. The van der Waals surface area contributed by atoms with Crippen LogP contribution in [0.2, 0.25) is 0 Å². The molecule has 1 aliphatic rings. The third-order valence-corrected chi connectivity index (χ3v) is 3.90. The molecule has 0 atom stereocenters. The number of aliphatic imine (C=N–C) groups is 1. The Hall–Kier alpha value is -0.530. The molecule has 0 aromatic rings. The molecule has 0 aliphatic heterocycles. The second kappa shape index (κ2) is 14.1. The van der Waals surface area contributed by atoms with Crippen molar-refractivity contribution in [1.29, 1.82) is 0 Å². The molecule has 22 heavy (non-hydrogen) atoms. The smallest absolute Gasteiger partial charge is 0.216 e. The van der Waals surface area contributed by atoms with Gasteiger partial charge in [0.25, 0.3) is 0 Å². The van der Waals surface area contributed by atoms with Gasteiger partial charge < -0.3 is 16.0 Å². The molecule has 1 aliphatic carbocycles. The molecule has 3 N–H and O–H groups in total. The Kier molecular flexibility index (Phi) is 13.7. The van der Waals surface area contributed by atoms with Crippen LogP contribution in [-0.2, 0) is 4.79 Å². The zero-order valence-electron chi connectivity index (χ0n) is 14.1. The fraction of sp³-hybridized carbons (Fsp3) is 0.875. The minimum atomic E-state index is 0. The second-order valence-electron chi connectivity index (χ2n) is 5.82. The van der Waals surface area contributed by atoms with E-state index in [9.17, 15) is 4.79 Å². The first-order valence-electron chi connectivity index (χ1n) is 8.49. The third-order valence-electron chi connectivity index (χ3n) is 3.90. The Balaban J connectivity index is 0.00000441. The zero-order valence-corrected chi connectivity index (χ0v) is 16.4. The lowest BCUT2D eigenvalue weighted by Gasteiger charge is -2.20. The van der Waals surface area contributed by atoms with Crippen molar-refractivity contribution in [3.05, 3.63) is 0 Å². The van der Waals surface area contributed by atoms with E-state index in [0.717, 1.165) is 25.0 Å². The lowest BCUT2D eigenvalue weighted by Crippen LogP contribution is -2.41. The van der Waals surface area contributed by atoms with Gasteiger partial charge in [-0.05, 0) is 25.7 Å². The molecule has 0 saturated heterocycles. The van der Waals surface area contributed by atoms with E-state index in [4.69, 9.17) is 0 Å². The Labute approximate surface area is 152 Å². The largest absolute Gasteiger partial charge is 0.357 e. The van der Waals surface area contributed by atoms with E-state index >= 15 is 0 Å². The topological polar surface area (TPSA) is 65.5 Å². The summed E-state index contributed by atoms with van der Waals surface area (Å²) in [5, 5.41) is 9.24. The number of hydrogen-bond acceptors (Lipinski definition) is 2. The van der Waals surface area contributed by atoms with E-state index in [1.807, 2.05) is 0 Å². The van der Waals surface area contributed by atoms with E-state index in [1.54, 1.807) is 0 Å². The van der Waals surface area contributed by atoms with Gasteiger partial charge in [0.05, 0.1) is 0 Å². The SMILES string of the molecule is CCNC(=NCCCC1CCCCC1)NCCNC(C)=O.I. The highest BCUT2D eigenvalue weighted by Gasteiger charge is 2.12. The number of amides is 1. The summed E-state index contributed by atoms with van der Waals surface area (Å²) in [6, 6.07) is 0. The van der Waals surface area contributed by atoms with Crippen LogP contribution >= 0.6 is 24.0 Å². The molecule has 0 unspecified atom stereocenters. The monoisotopic (exact) mass is 424 g/mol. The minimum absolute atomic E-state index is 0. The normalized spacial score (nSPS) is 15.8. The van der Waals surface area contributed by atoms with Crippen molar-refractivity contribution >= 4 is 35.8 Å². The fourth-order valence-electron chi connectivity index (χ4n) is 2.81. The average Bonchev–Trinajstić information content (AvgIpc) is 2.48. The van der Waals surface area contributed by atoms with E-state index in [0.29, 0.717) is 13.1 Å². The minimum Gasteiger partial charge on any atom is -0.357 e. The summed E-state index contributed by atoms with van der Waals surface area (Å²) in [4.78, 5) is 15.4. The van der Waals surface area contributed by atoms with Crippen molar-refractivity contribution in [2.75, 3.05) is 26.2 Å². The lowest BCUT2D eigenvalue weighted by atomic mass is 9.86. The van der Waals surface area contributed by atoms with Gasteiger partial charge in [-0.3, -0.25) is 9.79 Å². The molecule has 0 aromatic heterocycles. The molecule has 6 heteroatoms. The van der Waals surface area contributed by atoms with Gasteiger partial charge in [0.15, 0.2) is 5.96 Å². The van der Waals surface area contributed by atoms with Gasteiger partial charge in [-0.15, -0.1) is 24.0 Å². The summed E-state index contributed by atoms with van der Waals surface area (Å²) in [5.41, 5.74) is 0. The summed E-state index contributed by atoms with van der Waals surface area (Å²) in [6.45, 7) is 6.66. The quantitative estimate of drug-likeness (QED) is 0.243. The maximum Gasteiger partial charge on any atom is 0.216 e. The van der Waals surface area contributed by atoms with E-state index in [2.05, 4.69) is 27.9 Å². The third kappa shape index (κ3) is 11.1. The van der Waals surface area contributed by atoms with E-state index in [-0.39, 0.29) is 29.9 Å². The van der Waals surface area contributed by atoms with Gasteiger partial charge in [0.1, 0.15) is 0 Å². The van der Waals surface area contributed by atoms with E-state index < -0.39 is 0 Å². The molecule has 0 spiro atoms. The van der Waals surface area contributed by atoms with Crippen LogP contribution in [-0.4, -0.2) is 38.0 Å². The molecule has 0 heterocycles. The first-order chi connectivity index (χ1) is 10.2. The first kappa shape index (κ1) is 21.5. The van der Waals surface area contributed by atoms with Crippen molar-refractivity contribution in [3.8, 4) is 0 Å². The molecule has 1 amide bonds. The molecular formula is C16H33IN4O. The van der Waals surface area contributed by atoms with Crippen molar-refractivity contribution in [2.45, 2.75) is 58.8 Å². The van der Waals surface area contributed by atoms with Crippen LogP contribution in [0, 0.1) is 5.92 Å². The predicted octanol–water partition coefficient (Wildman–Crippen LogP) is 2.66. The Morgan fingerprint density at radius 2 is 1.77 bits per heavy atom. The number of carbonyl (C=O) groups is 1. The maximum absolute atomic E-state index is 10.8. The molecule has 1 saturated carbocycles. The Morgan fingerprint density at radius 1 is 1.09 bits per heavy atom. The summed E-state index contributed by atoms with van der Waals surface area (Å²) >= 11 is 0. The van der Waals surface area contributed by atoms with Crippen LogP contribution in [0.5, 0.6) is 0 Å². The van der Waals surface area contributed by atoms with Crippen molar-refractivity contribution in [1.82, 2.24) is 16.0 Å². The van der Waals surface area contributed by atoms with Crippen LogP contribution in [0.3, 0.4) is 0 Å². The number of hydrogen-bond donors (Lipinski definition) is 3. The average molecular weight is 424 g/mol. The first-order valence-corrected chi connectivity index (χ1v) is 8.49. The second-order valence-corrected chi connectivity index (χ2v) is 5.82. The van der Waals surface area contributed by atoms with Crippen molar-refractivity contribution in [3.63, 3.8) is 0 Å². The van der Waals surface area contributed by atoms with Gasteiger partial charge in [-0.1, -0.05) is 32.1 Å². The predicted molar refractivity (Wildman–Crippen MR) is 104 cm³/mol. The highest BCUT2D eigenvalue weighted by Crippen LogP contribution is 2.27. The van der Waals surface area contributed by atoms with Crippen LogP contribution in [0.25, 0.3) is 0 Å². The number of rotatable bonds is 8. The molecule has 0 bridgehead atoms. The summed E-state index contributed by atoms with van der Waals surface area (Å²) in [7, 11) is 0. The molecule has 130 valence electrons. The molecule has 0 radical (unpaired) electrons. The standard InChI is InChI=1S/C16H32N4O.HI/c1-3-17-16(20-13-12-18-14(2)21)19-11-7-10-15-8-5-4-6-9-15;/h15H,3-13H2,1-2H3,(H,18,21)(H2,17,19,20);1H. The molecule has 1 fully saturated rings. The molecule has 1 rings (SSSR count). The Morgan fingerprint density at radius 3 is 2.41 bits per heavy atom. The zero-order chi connectivity index (χ0) is 15.3. The molecule has 0 aromatic carbocycles. The molecular weight excluding hydrogens is 391 g/mol. The maximum atomic E-state index is 10.8. The van der Waals surface area contributed by atoms with Gasteiger partial charge in [0.2, 0.25) is 5.91 Å². The van der Waals surface area contributed by atoms with Crippen LogP contribution in [0.4, 0.5) is 0 Å². The number of guanidine groups is 1. The van der Waals surface area contributed by atoms with Crippen LogP contribution in [0.15, 0.2) is 4.99 Å². The van der Waals surface area contributed by atoms with Gasteiger partial charge in [-0.25, -0.2) is 0 Å². The van der Waals surface area contributed by atoms with Crippen molar-refractivity contribution < 1.29 is 4.79 Å². The highest BCUT2D eigenvalue weighted by molar-refractivity contribution is 14.0. The molecule has 5 nitrogen and oxygen atoms in total. The highest BCUT2D eigenvalue weighted by atomic mass is 127. The number of carbonyl (C=O) groups excluding carboxylic acids is 1. The van der Waals surface area contributed by atoms with Gasteiger partial charge in [0, 0.05) is 33.1 Å². The van der Waals surface area contributed by atoms with E-state index in [1.165, 1.54) is 51.9 Å². The summed E-state index contributed by atoms with van der Waals surface area (Å²) < 4.78 is 0. The number of nitrogens with zero attached hydrogens (tertiary/aromatic N) is 1. The van der Waals surface area contributed by atoms with Gasteiger partial charge in [-0.2, -0.15) is 0 Å². The van der Waals surface area contributed by atoms with Crippen LogP contribution in [0.1, 0.15) is 58.8 Å². The van der Waals surface area contributed by atoms with Gasteiger partial charge >= 0.3 is 0 Å². The number of halogens is 1. The Bertz CT molecular complexity index is 317.